The molecular weight excluding hydrogens is 358 g/mol. The standard InChI is InChI=1S/C21H17N3O4/c25-21-17-8-2-3-9-18(17)22-20(23(21)14-16-7-5-13-28-16)12-11-15-6-1-4-10-19(15)24(26)27/h1-13,20,22H,14H2/b12-11+/t20-/m1/s1. The van der Waals surface area contributed by atoms with Gasteiger partial charge in [-0.1, -0.05) is 24.3 Å². The van der Waals surface area contributed by atoms with Gasteiger partial charge in [0.25, 0.3) is 11.6 Å². The minimum atomic E-state index is -0.479. The lowest BCUT2D eigenvalue weighted by Crippen LogP contribution is -2.47. The van der Waals surface area contributed by atoms with Crippen molar-refractivity contribution in [3.05, 3.63) is 100 Å². The molecule has 0 bridgehead atoms. The predicted octanol–water partition coefficient (Wildman–Crippen LogP) is 4.30. The van der Waals surface area contributed by atoms with Crippen LogP contribution in [0.4, 0.5) is 11.4 Å². The van der Waals surface area contributed by atoms with E-state index in [9.17, 15) is 14.9 Å². The number of para-hydroxylation sites is 2. The topological polar surface area (TPSA) is 88.6 Å². The predicted molar refractivity (Wildman–Crippen MR) is 105 cm³/mol. The second kappa shape index (κ2) is 7.40. The van der Waals surface area contributed by atoms with E-state index in [1.807, 2.05) is 18.2 Å². The third kappa shape index (κ3) is 3.37. The normalized spacial score (nSPS) is 16.1. The molecule has 140 valence electrons. The van der Waals surface area contributed by atoms with Crippen molar-refractivity contribution >= 4 is 23.4 Å². The molecule has 0 saturated carbocycles. The van der Waals surface area contributed by atoms with Crippen LogP contribution in [0.2, 0.25) is 0 Å². The molecule has 0 spiro atoms. The molecule has 0 saturated heterocycles. The number of anilines is 1. The molecule has 1 amide bonds. The van der Waals surface area contributed by atoms with E-state index in [2.05, 4.69) is 5.32 Å². The Morgan fingerprint density at radius 1 is 1.11 bits per heavy atom. The van der Waals surface area contributed by atoms with Gasteiger partial charge in [0.15, 0.2) is 0 Å². The van der Waals surface area contributed by atoms with Crippen LogP contribution in [0.1, 0.15) is 21.7 Å². The maximum Gasteiger partial charge on any atom is 0.276 e. The molecular formula is C21H17N3O4. The van der Waals surface area contributed by atoms with Crippen LogP contribution < -0.4 is 5.32 Å². The third-order valence-corrected chi connectivity index (χ3v) is 4.56. The lowest BCUT2D eigenvalue weighted by atomic mass is 10.1. The smallest absolute Gasteiger partial charge is 0.276 e. The highest BCUT2D eigenvalue weighted by Gasteiger charge is 2.31. The Morgan fingerprint density at radius 2 is 1.89 bits per heavy atom. The molecule has 1 atom stereocenters. The lowest BCUT2D eigenvalue weighted by molar-refractivity contribution is -0.385. The van der Waals surface area contributed by atoms with Crippen LogP contribution in [-0.4, -0.2) is 21.9 Å². The zero-order chi connectivity index (χ0) is 19.5. The number of nitro benzene ring substituents is 1. The van der Waals surface area contributed by atoms with Crippen molar-refractivity contribution in [2.75, 3.05) is 5.32 Å². The summed E-state index contributed by atoms with van der Waals surface area (Å²) in [5.74, 6) is 0.515. The number of nitro groups is 1. The fourth-order valence-corrected chi connectivity index (χ4v) is 3.20. The van der Waals surface area contributed by atoms with Crippen molar-refractivity contribution < 1.29 is 14.1 Å². The molecule has 2 aromatic carbocycles. The minimum Gasteiger partial charge on any atom is -0.467 e. The van der Waals surface area contributed by atoms with Crippen molar-refractivity contribution in [2.24, 2.45) is 0 Å². The van der Waals surface area contributed by atoms with E-state index in [1.54, 1.807) is 59.7 Å². The number of nitrogens with one attached hydrogen (secondary N) is 1. The molecule has 1 aromatic heterocycles. The summed E-state index contributed by atoms with van der Waals surface area (Å²) in [5, 5.41) is 14.6. The van der Waals surface area contributed by atoms with Crippen LogP contribution >= 0.6 is 0 Å². The highest BCUT2D eigenvalue weighted by atomic mass is 16.6. The van der Waals surface area contributed by atoms with Crippen molar-refractivity contribution in [2.45, 2.75) is 12.7 Å². The van der Waals surface area contributed by atoms with Crippen LogP contribution in [-0.2, 0) is 6.54 Å². The maximum absolute atomic E-state index is 13.0. The summed E-state index contributed by atoms with van der Waals surface area (Å²) >= 11 is 0. The Kier molecular flexibility index (Phi) is 4.63. The average molecular weight is 375 g/mol. The fraction of sp³-hybridized carbons (Fsp3) is 0.0952. The van der Waals surface area contributed by atoms with E-state index in [0.717, 1.165) is 5.69 Å². The first-order valence-electron chi connectivity index (χ1n) is 8.74. The van der Waals surface area contributed by atoms with Gasteiger partial charge >= 0.3 is 0 Å². The van der Waals surface area contributed by atoms with Crippen molar-refractivity contribution in [3.63, 3.8) is 0 Å². The van der Waals surface area contributed by atoms with E-state index in [-0.39, 0.29) is 18.1 Å². The molecule has 0 fully saturated rings. The molecule has 0 aliphatic carbocycles. The quantitative estimate of drug-likeness (QED) is 0.531. The van der Waals surface area contributed by atoms with Crippen LogP contribution in [0, 0.1) is 10.1 Å². The number of hydrogen-bond acceptors (Lipinski definition) is 5. The Morgan fingerprint density at radius 3 is 2.68 bits per heavy atom. The van der Waals surface area contributed by atoms with Gasteiger partial charge in [-0.25, -0.2) is 0 Å². The summed E-state index contributed by atoms with van der Waals surface area (Å²) < 4.78 is 5.40. The SMILES string of the molecule is O=C1c2ccccc2N[C@@H](/C=C/c2ccccc2[N+](=O)[O-])N1Cc1ccco1. The second-order valence-electron chi connectivity index (χ2n) is 6.32. The molecule has 1 N–H and O–H groups in total. The summed E-state index contributed by atoms with van der Waals surface area (Å²) in [7, 11) is 0. The number of furan rings is 1. The van der Waals surface area contributed by atoms with Crippen LogP contribution in [0.5, 0.6) is 0 Å². The van der Waals surface area contributed by atoms with Gasteiger partial charge in [-0.15, -0.1) is 0 Å². The van der Waals surface area contributed by atoms with Gasteiger partial charge in [0.05, 0.1) is 28.9 Å². The van der Waals surface area contributed by atoms with Gasteiger partial charge in [0.2, 0.25) is 0 Å². The van der Waals surface area contributed by atoms with Gasteiger partial charge in [-0.05, 0) is 42.5 Å². The Hall–Kier alpha value is -3.87. The summed E-state index contributed by atoms with van der Waals surface area (Å²) in [5.41, 5.74) is 1.78. The molecule has 2 heterocycles. The Bertz CT molecular complexity index is 1040. The Balaban J connectivity index is 1.69. The average Bonchev–Trinajstić information content (AvgIpc) is 3.22. The first-order chi connectivity index (χ1) is 13.6. The number of carbonyl (C=O) groups is 1. The molecule has 28 heavy (non-hydrogen) atoms. The highest BCUT2D eigenvalue weighted by molar-refractivity contribution is 6.01. The lowest BCUT2D eigenvalue weighted by Gasteiger charge is -2.35. The molecule has 1 aliphatic rings. The van der Waals surface area contributed by atoms with Gasteiger partial charge in [0, 0.05) is 11.8 Å². The minimum absolute atomic E-state index is 0.0128. The number of rotatable bonds is 5. The van der Waals surface area contributed by atoms with E-state index >= 15 is 0 Å². The first kappa shape index (κ1) is 17.5. The molecule has 1 aliphatic heterocycles. The molecule has 7 nitrogen and oxygen atoms in total. The summed E-state index contributed by atoms with van der Waals surface area (Å²) in [4.78, 5) is 25.5. The number of amides is 1. The largest absolute Gasteiger partial charge is 0.467 e. The zero-order valence-electron chi connectivity index (χ0n) is 14.8. The van der Waals surface area contributed by atoms with Gasteiger partial charge < -0.3 is 14.6 Å². The highest BCUT2D eigenvalue weighted by Crippen LogP contribution is 2.28. The second-order valence-corrected chi connectivity index (χ2v) is 6.32. The number of carbonyl (C=O) groups excluding carboxylic acids is 1. The van der Waals surface area contributed by atoms with Gasteiger partial charge in [0.1, 0.15) is 11.9 Å². The number of fused-ring (bicyclic) bond motifs is 1. The number of nitrogens with zero attached hydrogens (tertiary/aromatic N) is 2. The van der Waals surface area contributed by atoms with E-state index < -0.39 is 11.1 Å². The monoisotopic (exact) mass is 375 g/mol. The van der Waals surface area contributed by atoms with Crippen molar-refractivity contribution in [1.29, 1.82) is 0 Å². The van der Waals surface area contributed by atoms with Crippen molar-refractivity contribution in [1.82, 2.24) is 4.90 Å². The van der Waals surface area contributed by atoms with Gasteiger partial charge in [-0.3, -0.25) is 14.9 Å². The first-order valence-corrected chi connectivity index (χ1v) is 8.74. The van der Waals surface area contributed by atoms with Crippen LogP contribution in [0.25, 0.3) is 6.08 Å². The van der Waals surface area contributed by atoms with E-state index in [1.165, 1.54) is 6.07 Å². The molecule has 7 heteroatoms. The van der Waals surface area contributed by atoms with Crippen LogP contribution in [0.3, 0.4) is 0 Å². The number of hydrogen-bond donors (Lipinski definition) is 1. The van der Waals surface area contributed by atoms with Crippen LogP contribution in [0.15, 0.2) is 77.4 Å². The summed E-state index contributed by atoms with van der Waals surface area (Å²) in [6.07, 6.45) is 4.49. The summed E-state index contributed by atoms with van der Waals surface area (Å²) in [6, 6.07) is 17.3. The Labute approximate surface area is 161 Å². The number of benzene rings is 2. The molecule has 0 unspecified atom stereocenters. The zero-order valence-corrected chi connectivity index (χ0v) is 14.8. The third-order valence-electron chi connectivity index (χ3n) is 4.56. The molecule has 0 radical (unpaired) electrons. The fourth-order valence-electron chi connectivity index (χ4n) is 3.20. The summed E-state index contributed by atoms with van der Waals surface area (Å²) in [6.45, 7) is 0.277. The molecule has 3 aromatic rings. The molecule has 4 rings (SSSR count). The maximum atomic E-state index is 13.0. The van der Waals surface area contributed by atoms with E-state index in [0.29, 0.717) is 16.9 Å². The van der Waals surface area contributed by atoms with Gasteiger partial charge in [-0.2, -0.15) is 0 Å². The van der Waals surface area contributed by atoms with Crippen molar-refractivity contribution in [3.8, 4) is 0 Å². The van der Waals surface area contributed by atoms with E-state index in [4.69, 9.17) is 4.42 Å².